The van der Waals surface area contributed by atoms with Crippen LogP contribution in [0.25, 0.3) is 11.0 Å². The van der Waals surface area contributed by atoms with Crippen LogP contribution < -0.4 is 5.43 Å². The van der Waals surface area contributed by atoms with Crippen molar-refractivity contribution in [2.75, 3.05) is 0 Å². The minimum atomic E-state index is -0.706. The molecule has 1 unspecified atom stereocenters. The number of hydrogen-bond donors (Lipinski definition) is 0. The van der Waals surface area contributed by atoms with Crippen LogP contribution in [0.2, 0.25) is 0 Å². The van der Waals surface area contributed by atoms with Crippen LogP contribution in [0.5, 0.6) is 0 Å². The molecule has 0 spiro atoms. The fourth-order valence-electron chi connectivity index (χ4n) is 4.35. The normalized spacial score (nSPS) is 15.5. The summed E-state index contributed by atoms with van der Waals surface area (Å²) < 4.78 is 33.1. The van der Waals surface area contributed by atoms with E-state index in [-0.39, 0.29) is 34.7 Å². The number of carbonyl (C=O) groups is 1. The van der Waals surface area contributed by atoms with Crippen LogP contribution in [0.3, 0.4) is 0 Å². The number of halogens is 2. The summed E-state index contributed by atoms with van der Waals surface area (Å²) in [4.78, 5) is 28.4. The molecule has 3 aromatic carbocycles. The van der Waals surface area contributed by atoms with Gasteiger partial charge in [0.15, 0.2) is 5.43 Å². The highest BCUT2D eigenvalue weighted by molar-refractivity contribution is 5.99. The Morgan fingerprint density at radius 2 is 1.58 bits per heavy atom. The molecule has 4 aromatic rings. The molecule has 33 heavy (non-hydrogen) atoms. The fraction of sp³-hybridized carbons (Fsp3) is 0.185. The molecule has 0 saturated heterocycles. The van der Waals surface area contributed by atoms with Gasteiger partial charge in [0.2, 0.25) is 5.76 Å². The summed E-state index contributed by atoms with van der Waals surface area (Å²) in [5.41, 5.74) is 2.50. The van der Waals surface area contributed by atoms with Gasteiger partial charge in [0, 0.05) is 6.54 Å². The van der Waals surface area contributed by atoms with E-state index < -0.39 is 23.2 Å². The Morgan fingerprint density at radius 1 is 0.909 bits per heavy atom. The van der Waals surface area contributed by atoms with E-state index in [0.717, 1.165) is 17.2 Å². The summed E-state index contributed by atoms with van der Waals surface area (Å²) >= 11 is 0. The zero-order valence-electron chi connectivity index (χ0n) is 18.1. The first-order valence-corrected chi connectivity index (χ1v) is 10.7. The highest BCUT2D eigenvalue weighted by Gasteiger charge is 2.42. The Morgan fingerprint density at radius 3 is 2.24 bits per heavy atom. The van der Waals surface area contributed by atoms with Gasteiger partial charge in [-0.05, 0) is 52.9 Å². The Labute approximate surface area is 189 Å². The van der Waals surface area contributed by atoms with Crippen molar-refractivity contribution in [2.24, 2.45) is 0 Å². The molecule has 5 rings (SSSR count). The smallest absolute Gasteiger partial charge is 0.291 e. The van der Waals surface area contributed by atoms with Crippen LogP contribution in [0.4, 0.5) is 8.78 Å². The van der Waals surface area contributed by atoms with Gasteiger partial charge in [-0.15, -0.1) is 0 Å². The molecule has 0 bridgehead atoms. The van der Waals surface area contributed by atoms with Crippen LogP contribution in [0.15, 0.2) is 75.9 Å². The van der Waals surface area contributed by atoms with E-state index in [1.165, 1.54) is 24.3 Å². The van der Waals surface area contributed by atoms with Gasteiger partial charge in [0.25, 0.3) is 5.91 Å². The molecule has 1 aromatic heterocycles. The second kappa shape index (κ2) is 7.96. The third kappa shape index (κ3) is 3.61. The number of amides is 1. The van der Waals surface area contributed by atoms with E-state index >= 15 is 0 Å². The van der Waals surface area contributed by atoms with Gasteiger partial charge < -0.3 is 9.32 Å². The number of carbonyl (C=O) groups excluding carboxylic acids is 1. The van der Waals surface area contributed by atoms with Crippen LogP contribution in [0.1, 0.15) is 58.6 Å². The first-order valence-electron chi connectivity index (χ1n) is 10.7. The minimum Gasteiger partial charge on any atom is -0.450 e. The summed E-state index contributed by atoms with van der Waals surface area (Å²) in [5.74, 6) is -1.08. The molecule has 0 fully saturated rings. The second-order valence-corrected chi connectivity index (χ2v) is 8.60. The number of nitrogens with zero attached hydrogens (tertiary/aromatic N) is 1. The molecule has 0 N–H and O–H groups in total. The van der Waals surface area contributed by atoms with Crippen molar-refractivity contribution in [3.05, 3.63) is 117 Å². The van der Waals surface area contributed by atoms with Crippen molar-refractivity contribution in [3.63, 3.8) is 0 Å². The topological polar surface area (TPSA) is 50.5 Å². The van der Waals surface area contributed by atoms with E-state index in [1.807, 2.05) is 24.3 Å². The fourth-order valence-corrected chi connectivity index (χ4v) is 4.35. The maximum atomic E-state index is 13.9. The standard InChI is InChI=1S/C27H21F2NO3/c1-15(2)17-5-7-18(8-6-17)24-23-25(31)21-13-20(29)11-12-22(21)33-26(23)27(32)30(24)14-16-3-9-19(28)10-4-16/h3-13,15,24H,14H2,1-2H3. The van der Waals surface area contributed by atoms with E-state index in [1.54, 1.807) is 17.0 Å². The van der Waals surface area contributed by atoms with Crippen molar-refractivity contribution in [1.82, 2.24) is 4.90 Å². The average molecular weight is 445 g/mol. The molecule has 0 saturated carbocycles. The maximum absolute atomic E-state index is 13.9. The summed E-state index contributed by atoms with van der Waals surface area (Å²) in [6.07, 6.45) is 0. The SMILES string of the molecule is CC(C)c1ccc(C2c3c(oc4ccc(F)cc4c3=O)C(=O)N2Cc2ccc(F)cc2)cc1. The Hall–Kier alpha value is -3.80. The molecule has 4 nitrogen and oxygen atoms in total. The quantitative estimate of drug-likeness (QED) is 0.391. The number of hydrogen-bond acceptors (Lipinski definition) is 3. The van der Waals surface area contributed by atoms with Crippen molar-refractivity contribution < 1.29 is 18.0 Å². The molecule has 6 heteroatoms. The van der Waals surface area contributed by atoms with Crippen LogP contribution in [-0.4, -0.2) is 10.8 Å². The van der Waals surface area contributed by atoms with Gasteiger partial charge in [-0.2, -0.15) is 0 Å². The van der Waals surface area contributed by atoms with Gasteiger partial charge in [-0.3, -0.25) is 9.59 Å². The predicted octanol–water partition coefficient (Wildman–Crippen LogP) is 5.94. The van der Waals surface area contributed by atoms with E-state index in [9.17, 15) is 18.4 Å². The number of benzene rings is 3. The van der Waals surface area contributed by atoms with E-state index in [2.05, 4.69) is 13.8 Å². The third-order valence-electron chi connectivity index (χ3n) is 6.11. The predicted molar refractivity (Wildman–Crippen MR) is 121 cm³/mol. The Balaban J connectivity index is 1.69. The van der Waals surface area contributed by atoms with E-state index in [4.69, 9.17) is 4.42 Å². The zero-order chi connectivity index (χ0) is 23.3. The minimum absolute atomic E-state index is 0.0424. The largest absolute Gasteiger partial charge is 0.450 e. The van der Waals surface area contributed by atoms with Crippen LogP contribution in [-0.2, 0) is 6.54 Å². The summed E-state index contributed by atoms with van der Waals surface area (Å²) in [5, 5.41) is 0.0917. The van der Waals surface area contributed by atoms with Crippen molar-refractivity contribution in [3.8, 4) is 0 Å². The molecule has 2 heterocycles. The average Bonchev–Trinajstić information content (AvgIpc) is 3.08. The first kappa shape index (κ1) is 21.1. The Bertz CT molecular complexity index is 1420. The Kier molecular flexibility index (Phi) is 5.08. The first-order chi connectivity index (χ1) is 15.8. The maximum Gasteiger partial charge on any atom is 0.291 e. The van der Waals surface area contributed by atoms with Gasteiger partial charge in [0.1, 0.15) is 17.2 Å². The van der Waals surface area contributed by atoms with Crippen LogP contribution >= 0.6 is 0 Å². The van der Waals surface area contributed by atoms with Crippen molar-refractivity contribution in [2.45, 2.75) is 32.4 Å². The summed E-state index contributed by atoms with van der Waals surface area (Å²) in [7, 11) is 0. The van der Waals surface area contributed by atoms with Crippen molar-refractivity contribution >= 4 is 16.9 Å². The molecule has 0 aliphatic carbocycles. The molecule has 1 aliphatic heterocycles. The highest BCUT2D eigenvalue weighted by Crippen LogP contribution is 2.39. The van der Waals surface area contributed by atoms with Gasteiger partial charge in [-0.25, -0.2) is 8.78 Å². The number of rotatable bonds is 4. The lowest BCUT2D eigenvalue weighted by atomic mass is 9.95. The molecular formula is C27H21F2NO3. The van der Waals surface area contributed by atoms with Gasteiger partial charge in [-0.1, -0.05) is 50.2 Å². The monoisotopic (exact) mass is 445 g/mol. The second-order valence-electron chi connectivity index (χ2n) is 8.60. The van der Waals surface area contributed by atoms with Crippen molar-refractivity contribution in [1.29, 1.82) is 0 Å². The molecule has 1 aliphatic rings. The lowest BCUT2D eigenvalue weighted by Gasteiger charge is -2.25. The van der Waals surface area contributed by atoms with Gasteiger partial charge in [0.05, 0.1) is 17.0 Å². The summed E-state index contributed by atoms with van der Waals surface area (Å²) in [6.45, 7) is 4.32. The number of fused-ring (bicyclic) bond motifs is 2. The molecule has 1 amide bonds. The van der Waals surface area contributed by atoms with Gasteiger partial charge >= 0.3 is 0 Å². The molecule has 0 radical (unpaired) electrons. The lowest BCUT2D eigenvalue weighted by Crippen LogP contribution is -2.29. The zero-order valence-corrected chi connectivity index (χ0v) is 18.1. The molecule has 166 valence electrons. The molecular weight excluding hydrogens is 424 g/mol. The summed E-state index contributed by atoms with van der Waals surface area (Å²) in [6, 6.07) is 16.6. The third-order valence-corrected chi connectivity index (χ3v) is 6.11. The highest BCUT2D eigenvalue weighted by atomic mass is 19.1. The van der Waals surface area contributed by atoms with E-state index in [0.29, 0.717) is 11.5 Å². The lowest BCUT2D eigenvalue weighted by molar-refractivity contribution is 0.0714. The van der Waals surface area contributed by atoms with Crippen LogP contribution in [0, 0.1) is 11.6 Å². The molecule has 1 atom stereocenters.